The summed E-state index contributed by atoms with van der Waals surface area (Å²) in [4.78, 5) is 25.0. The van der Waals surface area contributed by atoms with Crippen LogP contribution in [0, 0.1) is 0 Å². The van der Waals surface area contributed by atoms with E-state index in [1.165, 1.54) is 24.7 Å². The van der Waals surface area contributed by atoms with Crippen LogP contribution in [0.25, 0.3) is 0 Å². The SMILES string of the molecule is N[C@@H](CO)C(=O)N/N=C/c1c[nH]ccc1=O. The van der Waals surface area contributed by atoms with E-state index in [0.29, 0.717) is 5.56 Å². The molecule has 1 aromatic heterocycles. The first kappa shape index (κ1) is 12.1. The molecule has 0 saturated carbocycles. The minimum Gasteiger partial charge on any atom is -0.394 e. The highest BCUT2D eigenvalue weighted by molar-refractivity contribution is 5.84. The molecular formula is C9H12N4O3. The maximum absolute atomic E-state index is 11.2. The van der Waals surface area contributed by atoms with Crippen LogP contribution in [0.1, 0.15) is 5.56 Å². The number of aliphatic hydroxyl groups excluding tert-OH is 1. The number of carbonyl (C=O) groups excluding carboxylic acids is 1. The second-order valence-corrected chi connectivity index (χ2v) is 2.99. The van der Waals surface area contributed by atoms with E-state index in [-0.39, 0.29) is 5.43 Å². The zero-order valence-corrected chi connectivity index (χ0v) is 8.38. The van der Waals surface area contributed by atoms with Gasteiger partial charge in [0.2, 0.25) is 0 Å². The minimum atomic E-state index is -1.02. The topological polar surface area (TPSA) is 121 Å². The number of aromatic nitrogens is 1. The quantitative estimate of drug-likeness (QED) is 0.354. The zero-order chi connectivity index (χ0) is 12.0. The third-order valence-electron chi connectivity index (χ3n) is 1.77. The average Bonchev–Trinajstić information content (AvgIpc) is 2.30. The molecular weight excluding hydrogens is 212 g/mol. The summed E-state index contributed by atoms with van der Waals surface area (Å²) in [5.74, 6) is -0.619. The molecule has 0 spiro atoms. The van der Waals surface area contributed by atoms with Crippen LogP contribution in [0.5, 0.6) is 0 Å². The van der Waals surface area contributed by atoms with E-state index in [1.54, 1.807) is 0 Å². The Labute approximate surface area is 91.0 Å². The molecule has 1 rings (SSSR count). The fourth-order valence-corrected chi connectivity index (χ4v) is 0.861. The van der Waals surface area contributed by atoms with Gasteiger partial charge in [0.15, 0.2) is 5.43 Å². The molecule has 0 unspecified atom stereocenters. The van der Waals surface area contributed by atoms with E-state index < -0.39 is 18.6 Å². The molecule has 16 heavy (non-hydrogen) atoms. The molecule has 7 heteroatoms. The summed E-state index contributed by atoms with van der Waals surface area (Å²) in [6.45, 7) is -0.465. The number of nitrogens with one attached hydrogen (secondary N) is 2. The molecule has 7 nitrogen and oxygen atoms in total. The molecule has 0 fully saturated rings. The predicted molar refractivity (Wildman–Crippen MR) is 57.9 cm³/mol. The fourth-order valence-electron chi connectivity index (χ4n) is 0.861. The molecule has 1 heterocycles. The molecule has 0 aromatic carbocycles. The molecule has 0 radical (unpaired) electrons. The second kappa shape index (κ2) is 5.79. The van der Waals surface area contributed by atoms with Crippen LogP contribution < -0.4 is 16.6 Å². The third-order valence-corrected chi connectivity index (χ3v) is 1.77. The number of hydrogen-bond acceptors (Lipinski definition) is 5. The van der Waals surface area contributed by atoms with Gasteiger partial charge in [0, 0.05) is 18.5 Å². The molecule has 0 saturated heterocycles. The predicted octanol–water partition coefficient (Wildman–Crippen LogP) is -1.86. The van der Waals surface area contributed by atoms with Gasteiger partial charge in [-0.25, -0.2) is 5.43 Å². The highest BCUT2D eigenvalue weighted by Gasteiger charge is 2.09. The number of aliphatic hydroxyl groups is 1. The van der Waals surface area contributed by atoms with Crippen LogP contribution in [-0.4, -0.2) is 34.9 Å². The Hall–Kier alpha value is -1.99. The number of rotatable bonds is 4. The van der Waals surface area contributed by atoms with Gasteiger partial charge in [-0.05, 0) is 0 Å². The van der Waals surface area contributed by atoms with Gasteiger partial charge in [0.25, 0.3) is 5.91 Å². The summed E-state index contributed by atoms with van der Waals surface area (Å²) < 4.78 is 0. The van der Waals surface area contributed by atoms with Crippen molar-refractivity contribution in [3.8, 4) is 0 Å². The Morgan fingerprint density at radius 2 is 2.50 bits per heavy atom. The van der Waals surface area contributed by atoms with E-state index in [9.17, 15) is 9.59 Å². The molecule has 0 bridgehead atoms. The number of pyridine rings is 1. The van der Waals surface area contributed by atoms with Crippen LogP contribution in [0.2, 0.25) is 0 Å². The lowest BCUT2D eigenvalue weighted by Crippen LogP contribution is -2.41. The van der Waals surface area contributed by atoms with Crippen molar-refractivity contribution in [2.45, 2.75) is 6.04 Å². The second-order valence-electron chi connectivity index (χ2n) is 2.99. The van der Waals surface area contributed by atoms with Crippen LogP contribution in [0.4, 0.5) is 0 Å². The summed E-state index contributed by atoms with van der Waals surface area (Å²) in [5.41, 5.74) is 7.41. The van der Waals surface area contributed by atoms with Crippen molar-refractivity contribution in [1.29, 1.82) is 0 Å². The summed E-state index contributed by atoms with van der Waals surface area (Å²) in [6.07, 6.45) is 4.13. The molecule has 0 aliphatic rings. The number of nitrogens with two attached hydrogens (primary N) is 1. The lowest BCUT2D eigenvalue weighted by atomic mass is 10.3. The Morgan fingerprint density at radius 3 is 3.12 bits per heavy atom. The van der Waals surface area contributed by atoms with Gasteiger partial charge >= 0.3 is 0 Å². The van der Waals surface area contributed by atoms with E-state index in [4.69, 9.17) is 10.8 Å². The average molecular weight is 224 g/mol. The molecule has 1 aromatic rings. The van der Waals surface area contributed by atoms with Gasteiger partial charge < -0.3 is 15.8 Å². The van der Waals surface area contributed by atoms with Crippen molar-refractivity contribution in [3.05, 3.63) is 34.2 Å². The highest BCUT2D eigenvalue weighted by Crippen LogP contribution is 1.82. The smallest absolute Gasteiger partial charge is 0.259 e. The minimum absolute atomic E-state index is 0.219. The van der Waals surface area contributed by atoms with E-state index in [1.807, 2.05) is 0 Å². The van der Waals surface area contributed by atoms with Gasteiger partial charge in [-0.15, -0.1) is 0 Å². The molecule has 1 atom stereocenters. The van der Waals surface area contributed by atoms with Gasteiger partial charge in [-0.3, -0.25) is 9.59 Å². The number of hydrogen-bond donors (Lipinski definition) is 4. The molecule has 86 valence electrons. The summed E-state index contributed by atoms with van der Waals surface area (Å²) in [5, 5.41) is 12.1. The Balaban J connectivity index is 2.59. The van der Waals surface area contributed by atoms with Crippen LogP contribution in [0.15, 0.2) is 28.4 Å². The highest BCUT2D eigenvalue weighted by atomic mass is 16.3. The standard InChI is InChI=1S/C9H12N4O3/c10-7(5-14)9(16)13-12-4-6-3-11-2-1-8(6)15/h1-4,7,14H,5,10H2,(H,11,15)(H,13,16)/b12-4+/t7-/m0/s1. The van der Waals surface area contributed by atoms with Gasteiger partial charge in [-0.1, -0.05) is 0 Å². The van der Waals surface area contributed by atoms with E-state index in [2.05, 4.69) is 15.5 Å². The zero-order valence-electron chi connectivity index (χ0n) is 8.38. The van der Waals surface area contributed by atoms with E-state index in [0.717, 1.165) is 0 Å². The Bertz CT molecular complexity index is 440. The van der Waals surface area contributed by atoms with Crippen molar-refractivity contribution in [1.82, 2.24) is 10.4 Å². The third kappa shape index (κ3) is 3.30. The summed E-state index contributed by atoms with van der Waals surface area (Å²) in [7, 11) is 0. The van der Waals surface area contributed by atoms with Crippen molar-refractivity contribution >= 4 is 12.1 Å². The normalized spacial score (nSPS) is 12.6. The number of hydrazone groups is 1. The maximum atomic E-state index is 11.2. The Morgan fingerprint density at radius 1 is 1.75 bits per heavy atom. The fraction of sp³-hybridized carbons (Fsp3) is 0.222. The first-order chi connectivity index (χ1) is 7.65. The monoisotopic (exact) mass is 224 g/mol. The van der Waals surface area contributed by atoms with Gasteiger partial charge in [-0.2, -0.15) is 5.10 Å². The van der Waals surface area contributed by atoms with Crippen LogP contribution >= 0.6 is 0 Å². The van der Waals surface area contributed by atoms with Crippen molar-refractivity contribution in [3.63, 3.8) is 0 Å². The van der Waals surface area contributed by atoms with Crippen LogP contribution in [-0.2, 0) is 4.79 Å². The van der Waals surface area contributed by atoms with Crippen molar-refractivity contribution in [2.24, 2.45) is 10.8 Å². The van der Waals surface area contributed by atoms with Crippen molar-refractivity contribution < 1.29 is 9.90 Å². The Kier molecular flexibility index (Phi) is 4.37. The largest absolute Gasteiger partial charge is 0.394 e. The molecule has 5 N–H and O–H groups in total. The van der Waals surface area contributed by atoms with Gasteiger partial charge in [0.05, 0.1) is 18.4 Å². The lowest BCUT2D eigenvalue weighted by molar-refractivity contribution is -0.123. The van der Waals surface area contributed by atoms with Crippen molar-refractivity contribution in [2.75, 3.05) is 6.61 Å². The number of H-pyrrole nitrogens is 1. The molecule has 0 aliphatic carbocycles. The summed E-state index contributed by atoms with van der Waals surface area (Å²) >= 11 is 0. The number of aromatic amines is 1. The molecule has 1 amide bonds. The first-order valence-corrected chi connectivity index (χ1v) is 4.51. The number of amides is 1. The van der Waals surface area contributed by atoms with Crippen LogP contribution in [0.3, 0.4) is 0 Å². The summed E-state index contributed by atoms with van der Waals surface area (Å²) in [6, 6.07) is 0.314. The number of carbonyl (C=O) groups is 1. The van der Waals surface area contributed by atoms with Gasteiger partial charge in [0.1, 0.15) is 6.04 Å². The maximum Gasteiger partial charge on any atom is 0.259 e. The lowest BCUT2D eigenvalue weighted by Gasteiger charge is -2.04. The number of nitrogens with zero attached hydrogens (tertiary/aromatic N) is 1. The van der Waals surface area contributed by atoms with E-state index >= 15 is 0 Å². The molecule has 0 aliphatic heterocycles. The first-order valence-electron chi connectivity index (χ1n) is 4.51.